The third-order valence-corrected chi connectivity index (χ3v) is 3.94. The summed E-state index contributed by atoms with van der Waals surface area (Å²) in [4.78, 5) is 0. The van der Waals surface area contributed by atoms with Gasteiger partial charge in [-0.3, -0.25) is 0 Å². The van der Waals surface area contributed by atoms with E-state index < -0.39 is 0 Å². The third-order valence-electron chi connectivity index (χ3n) is 3.79. The molecule has 0 unspecified atom stereocenters. The van der Waals surface area contributed by atoms with Crippen LogP contribution in [0.25, 0.3) is 0 Å². The second kappa shape index (κ2) is 8.60. The van der Waals surface area contributed by atoms with Gasteiger partial charge in [0.1, 0.15) is 0 Å². The first-order valence-corrected chi connectivity index (χ1v) is 7.86. The summed E-state index contributed by atoms with van der Waals surface area (Å²) in [7, 11) is 0. The van der Waals surface area contributed by atoms with E-state index in [4.69, 9.17) is 5.41 Å². The van der Waals surface area contributed by atoms with Crippen LogP contribution in [-0.2, 0) is 6.42 Å². The molecule has 1 aromatic rings. The number of hydrogen-bond acceptors (Lipinski definition) is 2. The van der Waals surface area contributed by atoms with Crippen LogP contribution in [0.1, 0.15) is 31.9 Å². The highest BCUT2D eigenvalue weighted by atomic mass is 32.1. The molecule has 0 saturated carbocycles. The lowest BCUT2D eigenvalue weighted by Crippen LogP contribution is -2.06. The maximum atomic E-state index is 8.33. The van der Waals surface area contributed by atoms with Crippen LogP contribution in [0.3, 0.4) is 0 Å². The molecule has 0 radical (unpaired) electrons. The maximum Gasteiger partial charge on any atom is 0.0598 e. The predicted octanol–water partition coefficient (Wildman–Crippen LogP) is 5.84. The smallest absolute Gasteiger partial charge is 0.0598 e. The molecular weight excluding hydrogens is 286 g/mol. The summed E-state index contributed by atoms with van der Waals surface area (Å²) in [5.74, 6) is 0. The zero-order chi connectivity index (χ0) is 16.7. The first-order valence-electron chi connectivity index (χ1n) is 7.35. The highest BCUT2D eigenvalue weighted by Crippen LogP contribution is 2.17. The standard InChI is InChI=1S/C20H25NS/c1-14(10-11-22)16(3)12-17(4)20(21)18(5)13-19-9-7-6-8-15(19)2/h6-12,21-22H,5,13H2,1-4H3/b11-10-,16-14+,17-12+,21-20?. The maximum absolute atomic E-state index is 8.33. The summed E-state index contributed by atoms with van der Waals surface area (Å²) in [6.45, 7) is 12.2. The summed E-state index contributed by atoms with van der Waals surface area (Å²) < 4.78 is 0. The number of allylic oxidation sites excluding steroid dienone is 6. The van der Waals surface area contributed by atoms with E-state index in [1.807, 2.05) is 45.1 Å². The first kappa shape index (κ1) is 18.2. The van der Waals surface area contributed by atoms with Gasteiger partial charge in [0.15, 0.2) is 0 Å². The van der Waals surface area contributed by atoms with E-state index in [1.54, 1.807) is 5.41 Å². The molecule has 22 heavy (non-hydrogen) atoms. The van der Waals surface area contributed by atoms with Gasteiger partial charge in [-0.15, -0.1) is 0 Å². The third kappa shape index (κ3) is 5.19. The number of nitrogens with one attached hydrogen (secondary N) is 1. The molecule has 116 valence electrons. The minimum absolute atomic E-state index is 0.519. The van der Waals surface area contributed by atoms with E-state index in [9.17, 15) is 0 Å². The lowest BCUT2D eigenvalue weighted by molar-refractivity contribution is 1.17. The van der Waals surface area contributed by atoms with Gasteiger partial charge in [0, 0.05) is 0 Å². The highest BCUT2D eigenvalue weighted by Gasteiger charge is 2.08. The van der Waals surface area contributed by atoms with Crippen LogP contribution in [0.5, 0.6) is 0 Å². The normalized spacial score (nSPS) is 13.2. The Labute approximate surface area is 140 Å². The SMILES string of the molecule is C=C(Cc1ccccc1C)C(=N)/C(C)=C/C(C)=C(C)/C=C\S. The van der Waals surface area contributed by atoms with E-state index in [1.165, 1.54) is 11.1 Å². The molecule has 1 rings (SSSR count). The van der Waals surface area contributed by atoms with Crippen LogP contribution >= 0.6 is 12.6 Å². The van der Waals surface area contributed by atoms with Crippen molar-refractivity contribution in [2.45, 2.75) is 34.1 Å². The lowest BCUT2D eigenvalue weighted by atomic mass is 9.95. The molecule has 1 aromatic carbocycles. The van der Waals surface area contributed by atoms with E-state index >= 15 is 0 Å². The molecule has 0 fully saturated rings. The molecule has 0 aliphatic rings. The Morgan fingerprint density at radius 2 is 1.82 bits per heavy atom. The molecule has 0 saturated heterocycles. The number of rotatable bonds is 6. The summed E-state index contributed by atoms with van der Waals surface area (Å²) in [5, 5.41) is 10.1. The number of thiol groups is 1. The van der Waals surface area contributed by atoms with Crippen molar-refractivity contribution in [2.24, 2.45) is 0 Å². The molecule has 0 heterocycles. The fraction of sp³-hybridized carbons (Fsp3) is 0.250. The first-order chi connectivity index (χ1) is 10.4. The van der Waals surface area contributed by atoms with Crippen molar-refractivity contribution in [3.05, 3.63) is 81.8 Å². The zero-order valence-corrected chi connectivity index (χ0v) is 14.8. The summed E-state index contributed by atoms with van der Waals surface area (Å²) >= 11 is 4.09. The van der Waals surface area contributed by atoms with Crippen molar-refractivity contribution in [2.75, 3.05) is 0 Å². The molecule has 0 bridgehead atoms. The van der Waals surface area contributed by atoms with Gasteiger partial charge >= 0.3 is 0 Å². The molecule has 0 spiro atoms. The average Bonchev–Trinajstić information content (AvgIpc) is 2.48. The minimum atomic E-state index is 0.519. The van der Waals surface area contributed by atoms with Crippen LogP contribution in [0.2, 0.25) is 0 Å². The Kier molecular flexibility index (Phi) is 7.13. The van der Waals surface area contributed by atoms with Crippen molar-refractivity contribution in [1.82, 2.24) is 0 Å². The van der Waals surface area contributed by atoms with Crippen LogP contribution in [-0.4, -0.2) is 5.71 Å². The van der Waals surface area contributed by atoms with Crippen LogP contribution in [0.4, 0.5) is 0 Å². The topological polar surface area (TPSA) is 23.9 Å². The summed E-state index contributed by atoms with van der Waals surface area (Å²) in [6, 6.07) is 8.25. The van der Waals surface area contributed by atoms with Gasteiger partial charge in [0.05, 0.1) is 5.71 Å². The van der Waals surface area contributed by atoms with Gasteiger partial charge in [-0.25, -0.2) is 0 Å². The Hall–Kier alpha value is -1.80. The molecule has 0 aliphatic heterocycles. The van der Waals surface area contributed by atoms with Crippen LogP contribution < -0.4 is 0 Å². The zero-order valence-electron chi connectivity index (χ0n) is 13.9. The molecule has 0 amide bonds. The molecule has 1 nitrogen and oxygen atoms in total. The fourth-order valence-corrected chi connectivity index (χ4v) is 2.38. The quantitative estimate of drug-likeness (QED) is 0.375. The predicted molar refractivity (Wildman–Crippen MR) is 102 cm³/mol. The van der Waals surface area contributed by atoms with Crippen molar-refractivity contribution in [1.29, 1.82) is 5.41 Å². The molecule has 2 heteroatoms. The summed E-state index contributed by atoms with van der Waals surface area (Å²) in [5.41, 5.74) is 7.05. The van der Waals surface area contributed by atoms with Gasteiger partial charge in [-0.05, 0) is 72.9 Å². The Morgan fingerprint density at radius 3 is 2.41 bits per heavy atom. The molecule has 0 aromatic heterocycles. The highest BCUT2D eigenvalue weighted by molar-refractivity contribution is 7.83. The molecule has 0 aliphatic carbocycles. The second-order valence-corrected chi connectivity index (χ2v) is 5.89. The Bertz CT molecular complexity index is 660. The van der Waals surface area contributed by atoms with Gasteiger partial charge in [-0.2, -0.15) is 12.6 Å². The average molecular weight is 311 g/mol. The van der Waals surface area contributed by atoms with E-state index in [2.05, 4.69) is 38.3 Å². The molecular formula is C20H25NS. The minimum Gasteiger partial charge on any atom is -0.300 e. The number of aryl methyl sites for hydroxylation is 1. The van der Waals surface area contributed by atoms with Gasteiger partial charge in [0.2, 0.25) is 0 Å². The Morgan fingerprint density at radius 1 is 1.18 bits per heavy atom. The second-order valence-electron chi connectivity index (χ2n) is 5.59. The van der Waals surface area contributed by atoms with Crippen molar-refractivity contribution >= 4 is 18.3 Å². The van der Waals surface area contributed by atoms with Gasteiger partial charge in [-0.1, -0.05) is 43.0 Å². The lowest BCUT2D eigenvalue weighted by Gasteiger charge is -2.11. The number of benzene rings is 1. The van der Waals surface area contributed by atoms with Crippen molar-refractivity contribution < 1.29 is 0 Å². The van der Waals surface area contributed by atoms with E-state index in [-0.39, 0.29) is 0 Å². The largest absolute Gasteiger partial charge is 0.300 e. The van der Waals surface area contributed by atoms with Crippen LogP contribution in [0.15, 0.2) is 70.7 Å². The monoisotopic (exact) mass is 311 g/mol. The van der Waals surface area contributed by atoms with Gasteiger partial charge in [0.25, 0.3) is 0 Å². The van der Waals surface area contributed by atoms with E-state index in [0.29, 0.717) is 5.71 Å². The fourth-order valence-electron chi connectivity index (χ4n) is 2.16. The molecule has 1 N–H and O–H groups in total. The number of hydrogen-bond donors (Lipinski definition) is 2. The Balaban J connectivity index is 2.89. The van der Waals surface area contributed by atoms with Crippen molar-refractivity contribution in [3.8, 4) is 0 Å². The van der Waals surface area contributed by atoms with Gasteiger partial charge < -0.3 is 5.41 Å². The molecule has 0 atom stereocenters. The van der Waals surface area contributed by atoms with Crippen LogP contribution in [0, 0.1) is 12.3 Å². The van der Waals surface area contributed by atoms with E-state index in [0.717, 1.165) is 28.7 Å². The summed E-state index contributed by atoms with van der Waals surface area (Å²) in [6.07, 6.45) is 4.71. The van der Waals surface area contributed by atoms with Crippen molar-refractivity contribution in [3.63, 3.8) is 0 Å².